The van der Waals surface area contributed by atoms with Crippen LogP contribution in [0.1, 0.15) is 38.8 Å². The van der Waals surface area contributed by atoms with Crippen molar-refractivity contribution in [2.24, 2.45) is 5.41 Å². The molecule has 1 atom stereocenters. The second-order valence-electron chi connectivity index (χ2n) is 7.13. The molecule has 4 nitrogen and oxygen atoms in total. The number of hydrogen-bond acceptors (Lipinski definition) is 3. The highest BCUT2D eigenvalue weighted by Gasteiger charge is 2.36. The quantitative estimate of drug-likeness (QED) is 0.635. The van der Waals surface area contributed by atoms with Crippen LogP contribution in [0.4, 0.5) is 10.5 Å². The summed E-state index contributed by atoms with van der Waals surface area (Å²) >= 11 is 0. The number of amides is 1. The smallest absolute Gasteiger partial charge is 0.415 e. The second kappa shape index (κ2) is 6.03. The van der Waals surface area contributed by atoms with Crippen LogP contribution in [0.2, 0.25) is 0 Å². The summed E-state index contributed by atoms with van der Waals surface area (Å²) < 4.78 is 5.26. The molecule has 1 unspecified atom stereocenters. The third-order valence-corrected chi connectivity index (χ3v) is 4.14. The highest BCUT2D eigenvalue weighted by atomic mass is 16.6. The minimum absolute atomic E-state index is 0.0552. The fourth-order valence-corrected chi connectivity index (χ4v) is 2.99. The summed E-state index contributed by atoms with van der Waals surface area (Å²) in [6.07, 6.45) is 1.29. The zero-order valence-electron chi connectivity index (χ0n) is 14.0. The number of nitrogens with zero attached hydrogens (tertiary/aromatic N) is 1. The molecule has 0 aliphatic carbocycles. The third kappa shape index (κ3) is 3.62. The second-order valence-corrected chi connectivity index (χ2v) is 7.13. The zero-order valence-corrected chi connectivity index (χ0v) is 14.0. The van der Waals surface area contributed by atoms with Crippen LogP contribution in [0.25, 0.3) is 0 Å². The van der Waals surface area contributed by atoms with Crippen LogP contribution < -0.4 is 5.73 Å². The first-order valence-corrected chi connectivity index (χ1v) is 7.69. The van der Waals surface area contributed by atoms with E-state index in [1.165, 1.54) is 11.1 Å². The van der Waals surface area contributed by atoms with Gasteiger partial charge in [0.2, 0.25) is 0 Å². The molecule has 0 fully saturated rings. The molecule has 0 aromatic heterocycles. The molecule has 1 aliphatic heterocycles. The Balaban J connectivity index is 2.36. The number of fused-ring (bicyclic) bond motifs is 1. The Bertz CT molecular complexity index is 587. The van der Waals surface area contributed by atoms with Gasteiger partial charge in [-0.2, -0.15) is 0 Å². The van der Waals surface area contributed by atoms with E-state index in [9.17, 15) is 4.79 Å². The van der Waals surface area contributed by atoms with Crippen LogP contribution in [0.15, 0.2) is 30.5 Å². The van der Waals surface area contributed by atoms with Gasteiger partial charge in [0.1, 0.15) is 0 Å². The largest absolute Gasteiger partial charge is 0.416 e. The molecule has 0 saturated heterocycles. The lowest BCUT2D eigenvalue weighted by atomic mass is 9.82. The van der Waals surface area contributed by atoms with Crippen LogP contribution in [-0.2, 0) is 17.6 Å². The van der Waals surface area contributed by atoms with E-state index in [1.54, 1.807) is 6.92 Å². The minimum Gasteiger partial charge on any atom is -0.416 e. The number of rotatable bonds is 1. The molecule has 2 N–H and O–H groups in total. The van der Waals surface area contributed by atoms with Crippen molar-refractivity contribution in [1.29, 1.82) is 0 Å². The third-order valence-electron chi connectivity index (χ3n) is 4.14. The lowest BCUT2D eigenvalue weighted by Gasteiger charge is -2.38. The molecule has 2 rings (SSSR count). The summed E-state index contributed by atoms with van der Waals surface area (Å²) in [4.78, 5) is 14.3. The Labute approximate surface area is 132 Å². The van der Waals surface area contributed by atoms with Gasteiger partial charge in [-0.05, 0) is 48.4 Å². The van der Waals surface area contributed by atoms with Crippen LogP contribution in [0, 0.1) is 5.41 Å². The number of nitrogens with two attached hydrogens (primary N) is 1. The SMILES string of the molecule is C=C(C)OC(=O)N1CCc2ccc(N)cc2CC1C(C)(C)C. The van der Waals surface area contributed by atoms with E-state index in [4.69, 9.17) is 10.5 Å². The van der Waals surface area contributed by atoms with Gasteiger partial charge in [-0.1, -0.05) is 33.4 Å². The van der Waals surface area contributed by atoms with E-state index in [-0.39, 0.29) is 17.6 Å². The monoisotopic (exact) mass is 302 g/mol. The van der Waals surface area contributed by atoms with Crippen LogP contribution in [0.3, 0.4) is 0 Å². The summed E-state index contributed by atoms with van der Waals surface area (Å²) in [6.45, 7) is 12.4. The molecule has 1 aromatic carbocycles. The number of carbonyl (C=O) groups is 1. The van der Waals surface area contributed by atoms with E-state index in [0.717, 1.165) is 18.5 Å². The van der Waals surface area contributed by atoms with Crippen molar-refractivity contribution >= 4 is 11.8 Å². The summed E-state index contributed by atoms with van der Waals surface area (Å²) in [7, 11) is 0. The van der Waals surface area contributed by atoms with Gasteiger partial charge in [0.25, 0.3) is 0 Å². The molecule has 1 heterocycles. The fraction of sp³-hybridized carbons (Fsp3) is 0.500. The van der Waals surface area contributed by atoms with E-state index in [0.29, 0.717) is 12.3 Å². The summed E-state index contributed by atoms with van der Waals surface area (Å²) in [6, 6.07) is 6.08. The predicted molar refractivity (Wildman–Crippen MR) is 89.5 cm³/mol. The van der Waals surface area contributed by atoms with Gasteiger partial charge >= 0.3 is 6.09 Å². The molecule has 4 heteroatoms. The fourth-order valence-electron chi connectivity index (χ4n) is 2.99. The molecule has 0 radical (unpaired) electrons. The number of hydrogen-bond donors (Lipinski definition) is 1. The van der Waals surface area contributed by atoms with Gasteiger partial charge < -0.3 is 15.4 Å². The lowest BCUT2D eigenvalue weighted by molar-refractivity contribution is 0.0757. The highest BCUT2D eigenvalue weighted by Crippen LogP contribution is 2.32. The van der Waals surface area contributed by atoms with E-state index in [1.807, 2.05) is 17.0 Å². The van der Waals surface area contributed by atoms with Gasteiger partial charge in [0, 0.05) is 18.3 Å². The Kier molecular flexibility index (Phi) is 4.50. The van der Waals surface area contributed by atoms with Gasteiger partial charge in [0.15, 0.2) is 0 Å². The van der Waals surface area contributed by atoms with Crippen molar-refractivity contribution in [3.05, 3.63) is 41.7 Å². The molecule has 120 valence electrons. The average molecular weight is 302 g/mol. The molecule has 22 heavy (non-hydrogen) atoms. The maximum atomic E-state index is 12.5. The van der Waals surface area contributed by atoms with Gasteiger partial charge in [-0.25, -0.2) is 4.79 Å². The van der Waals surface area contributed by atoms with Gasteiger partial charge in [-0.3, -0.25) is 0 Å². The molecule has 1 aromatic rings. The van der Waals surface area contributed by atoms with Gasteiger partial charge in [-0.15, -0.1) is 0 Å². The normalized spacial score (nSPS) is 18.4. The molecule has 1 amide bonds. The van der Waals surface area contributed by atoms with Crippen molar-refractivity contribution in [2.45, 2.75) is 46.6 Å². The highest BCUT2D eigenvalue weighted by molar-refractivity contribution is 5.69. The van der Waals surface area contributed by atoms with Gasteiger partial charge in [0.05, 0.1) is 5.76 Å². The molecule has 0 spiro atoms. The van der Waals surface area contributed by atoms with E-state index in [2.05, 4.69) is 33.4 Å². The van der Waals surface area contributed by atoms with E-state index >= 15 is 0 Å². The number of anilines is 1. The number of benzene rings is 1. The van der Waals surface area contributed by atoms with Crippen LogP contribution >= 0.6 is 0 Å². The van der Waals surface area contributed by atoms with Crippen molar-refractivity contribution in [2.75, 3.05) is 12.3 Å². The number of ether oxygens (including phenoxy) is 1. The van der Waals surface area contributed by atoms with Crippen molar-refractivity contribution < 1.29 is 9.53 Å². The first-order chi connectivity index (χ1) is 10.2. The standard InChI is InChI=1S/C18H26N2O2/c1-12(2)22-17(21)20-9-8-13-6-7-15(19)10-14(13)11-16(20)18(3,4)5/h6-7,10,16H,1,8-9,11,19H2,2-5H3. The van der Waals surface area contributed by atoms with Crippen LogP contribution in [-0.4, -0.2) is 23.6 Å². The Morgan fingerprint density at radius 3 is 2.64 bits per heavy atom. The molecular weight excluding hydrogens is 276 g/mol. The first-order valence-electron chi connectivity index (χ1n) is 7.69. The maximum Gasteiger partial charge on any atom is 0.415 e. The summed E-state index contributed by atoms with van der Waals surface area (Å²) in [5, 5.41) is 0. The molecule has 1 aliphatic rings. The summed E-state index contributed by atoms with van der Waals surface area (Å²) in [5.41, 5.74) is 9.13. The van der Waals surface area contributed by atoms with E-state index < -0.39 is 0 Å². The number of nitrogen functional groups attached to an aromatic ring is 1. The number of carbonyl (C=O) groups excluding carboxylic acids is 1. The maximum absolute atomic E-state index is 12.5. The molecule has 0 bridgehead atoms. The van der Waals surface area contributed by atoms with Crippen molar-refractivity contribution in [1.82, 2.24) is 4.90 Å². The van der Waals surface area contributed by atoms with Crippen molar-refractivity contribution in [3.8, 4) is 0 Å². The predicted octanol–water partition coefficient (Wildman–Crippen LogP) is 3.75. The average Bonchev–Trinajstić information content (AvgIpc) is 2.56. The zero-order chi connectivity index (χ0) is 16.5. The Morgan fingerprint density at radius 2 is 2.05 bits per heavy atom. The Morgan fingerprint density at radius 1 is 1.36 bits per heavy atom. The molecular formula is C18H26N2O2. The Hall–Kier alpha value is -1.97. The molecule has 0 saturated carbocycles. The lowest BCUT2D eigenvalue weighted by Crippen LogP contribution is -2.48. The van der Waals surface area contributed by atoms with Crippen molar-refractivity contribution in [3.63, 3.8) is 0 Å². The van der Waals surface area contributed by atoms with Crippen LogP contribution in [0.5, 0.6) is 0 Å². The summed E-state index contributed by atoms with van der Waals surface area (Å²) in [5.74, 6) is 0.420. The number of allylic oxidation sites excluding steroid dienone is 1. The topological polar surface area (TPSA) is 55.6 Å². The minimum atomic E-state index is -0.312. The first kappa shape index (κ1) is 16.4.